The van der Waals surface area contributed by atoms with Gasteiger partial charge < -0.3 is 4.74 Å². The topological polar surface area (TPSA) is 56.5 Å². The SMILES string of the molecule is CCCCCCCCOc1c/c(=N\C(=O)C2CCC2)cnn1-c1ccccc1. The number of carbonyl (C=O) groups excluding carboxylic acids is 1. The molecule has 1 aromatic carbocycles. The number of amides is 1. The molecule has 5 nitrogen and oxygen atoms in total. The van der Waals surface area contributed by atoms with Crippen LogP contribution in [0.3, 0.4) is 0 Å². The van der Waals surface area contributed by atoms with Gasteiger partial charge in [0.2, 0.25) is 11.8 Å². The van der Waals surface area contributed by atoms with Gasteiger partial charge in [-0.1, -0.05) is 63.6 Å². The summed E-state index contributed by atoms with van der Waals surface area (Å²) < 4.78 is 7.82. The van der Waals surface area contributed by atoms with Gasteiger partial charge in [-0.25, -0.2) is 9.67 Å². The molecule has 0 aliphatic heterocycles. The zero-order chi connectivity index (χ0) is 19.6. The third kappa shape index (κ3) is 5.78. The van der Waals surface area contributed by atoms with Crippen LogP contribution in [0.15, 0.2) is 47.6 Å². The number of rotatable bonds is 10. The maximum absolute atomic E-state index is 12.2. The van der Waals surface area contributed by atoms with Crippen LogP contribution in [0.2, 0.25) is 0 Å². The van der Waals surface area contributed by atoms with E-state index in [0.29, 0.717) is 17.8 Å². The van der Waals surface area contributed by atoms with E-state index < -0.39 is 0 Å². The van der Waals surface area contributed by atoms with E-state index in [9.17, 15) is 4.79 Å². The summed E-state index contributed by atoms with van der Waals surface area (Å²) in [6.45, 7) is 2.87. The first kappa shape index (κ1) is 20.3. The highest BCUT2D eigenvalue weighted by atomic mass is 16.5. The Hall–Kier alpha value is -2.43. The predicted octanol–water partition coefficient (Wildman–Crippen LogP) is 4.84. The summed E-state index contributed by atoms with van der Waals surface area (Å²) in [7, 11) is 0. The molecule has 5 heteroatoms. The average molecular weight is 382 g/mol. The second kappa shape index (κ2) is 10.8. The molecule has 0 saturated heterocycles. The number of benzene rings is 1. The lowest BCUT2D eigenvalue weighted by atomic mass is 9.85. The van der Waals surface area contributed by atoms with Crippen LogP contribution in [-0.2, 0) is 4.79 Å². The molecule has 0 bridgehead atoms. The summed E-state index contributed by atoms with van der Waals surface area (Å²) in [6, 6.07) is 11.7. The maximum Gasteiger partial charge on any atom is 0.249 e. The third-order valence-electron chi connectivity index (χ3n) is 5.23. The van der Waals surface area contributed by atoms with Crippen molar-refractivity contribution < 1.29 is 9.53 Å². The number of nitrogens with zero attached hydrogens (tertiary/aromatic N) is 3. The van der Waals surface area contributed by atoms with Crippen molar-refractivity contribution in [2.45, 2.75) is 64.7 Å². The lowest BCUT2D eigenvalue weighted by molar-refractivity contribution is -0.124. The molecule has 0 radical (unpaired) electrons. The van der Waals surface area contributed by atoms with Gasteiger partial charge in [0.05, 0.1) is 23.8 Å². The van der Waals surface area contributed by atoms with Crippen LogP contribution >= 0.6 is 0 Å². The van der Waals surface area contributed by atoms with E-state index in [4.69, 9.17) is 4.74 Å². The smallest absolute Gasteiger partial charge is 0.249 e. The predicted molar refractivity (Wildman–Crippen MR) is 110 cm³/mol. The van der Waals surface area contributed by atoms with Crippen LogP contribution in [0.1, 0.15) is 64.7 Å². The normalized spacial score (nSPS) is 14.7. The Morgan fingerprint density at radius 3 is 2.61 bits per heavy atom. The monoisotopic (exact) mass is 381 g/mol. The zero-order valence-corrected chi connectivity index (χ0v) is 16.8. The number of para-hydroxylation sites is 1. The Kier molecular flexibility index (Phi) is 7.82. The van der Waals surface area contributed by atoms with E-state index in [1.165, 1.54) is 32.1 Å². The fourth-order valence-corrected chi connectivity index (χ4v) is 3.26. The molecule has 150 valence electrons. The number of aromatic nitrogens is 2. The molecule has 3 rings (SSSR count). The third-order valence-corrected chi connectivity index (χ3v) is 5.23. The van der Waals surface area contributed by atoms with Crippen LogP contribution < -0.4 is 10.1 Å². The first-order chi connectivity index (χ1) is 13.8. The van der Waals surface area contributed by atoms with E-state index in [1.54, 1.807) is 10.9 Å². The van der Waals surface area contributed by atoms with Crippen LogP contribution in [0.25, 0.3) is 5.69 Å². The molecule has 2 aromatic rings. The summed E-state index contributed by atoms with van der Waals surface area (Å²) >= 11 is 0. The number of carbonyl (C=O) groups is 1. The molecule has 1 aromatic heterocycles. The van der Waals surface area contributed by atoms with Crippen molar-refractivity contribution in [2.75, 3.05) is 6.61 Å². The fourth-order valence-electron chi connectivity index (χ4n) is 3.26. The summed E-state index contributed by atoms with van der Waals surface area (Å²) in [5.74, 6) is 0.684. The Morgan fingerprint density at radius 2 is 1.89 bits per heavy atom. The molecule has 1 fully saturated rings. The molecule has 1 saturated carbocycles. The lowest BCUT2D eigenvalue weighted by Crippen LogP contribution is -2.23. The Balaban J connectivity index is 1.71. The van der Waals surface area contributed by atoms with Crippen molar-refractivity contribution in [1.29, 1.82) is 0 Å². The minimum Gasteiger partial charge on any atom is -0.478 e. The van der Waals surface area contributed by atoms with Gasteiger partial charge in [0.25, 0.3) is 0 Å². The Morgan fingerprint density at radius 1 is 1.14 bits per heavy atom. The van der Waals surface area contributed by atoms with Gasteiger partial charge in [-0.05, 0) is 31.4 Å². The quantitative estimate of drug-likeness (QED) is 0.553. The average Bonchev–Trinajstić information content (AvgIpc) is 2.67. The second-order valence-corrected chi connectivity index (χ2v) is 7.49. The highest BCUT2D eigenvalue weighted by Gasteiger charge is 2.24. The van der Waals surface area contributed by atoms with Crippen LogP contribution in [0.5, 0.6) is 5.88 Å². The number of hydrogen-bond acceptors (Lipinski definition) is 3. The first-order valence-corrected chi connectivity index (χ1v) is 10.6. The molecule has 28 heavy (non-hydrogen) atoms. The van der Waals surface area contributed by atoms with E-state index in [-0.39, 0.29) is 11.8 Å². The van der Waals surface area contributed by atoms with E-state index in [2.05, 4.69) is 17.0 Å². The standard InChI is InChI=1S/C23H31N3O2/c1-2-3-4-5-6-10-16-28-22-17-20(25-23(27)19-12-11-13-19)18-24-26(22)21-14-8-7-9-15-21/h7-9,14-15,17-19H,2-6,10-13,16H2,1H3/b25-20+. The summed E-state index contributed by atoms with van der Waals surface area (Å²) in [4.78, 5) is 16.5. The van der Waals surface area contributed by atoms with E-state index in [1.807, 2.05) is 36.4 Å². The van der Waals surface area contributed by atoms with Crippen molar-refractivity contribution in [1.82, 2.24) is 9.78 Å². The first-order valence-electron chi connectivity index (χ1n) is 10.6. The second-order valence-electron chi connectivity index (χ2n) is 7.49. The summed E-state index contributed by atoms with van der Waals surface area (Å²) in [5, 5.41) is 5.06. The highest BCUT2D eigenvalue weighted by molar-refractivity contribution is 5.80. The molecule has 0 N–H and O–H groups in total. The summed E-state index contributed by atoms with van der Waals surface area (Å²) in [6.07, 6.45) is 12.0. The van der Waals surface area contributed by atoms with Gasteiger partial charge in [-0.3, -0.25) is 4.79 Å². The number of ether oxygens (including phenoxy) is 1. The fraction of sp³-hybridized carbons (Fsp3) is 0.522. The lowest BCUT2D eigenvalue weighted by Gasteiger charge is -2.21. The van der Waals surface area contributed by atoms with E-state index in [0.717, 1.165) is 31.4 Å². The van der Waals surface area contributed by atoms with Gasteiger partial charge in [0.1, 0.15) is 0 Å². The van der Waals surface area contributed by atoms with Gasteiger partial charge in [-0.15, -0.1) is 0 Å². The van der Waals surface area contributed by atoms with Crippen molar-refractivity contribution in [3.8, 4) is 11.6 Å². The molecule has 1 amide bonds. The van der Waals surface area contributed by atoms with Crippen molar-refractivity contribution in [3.05, 3.63) is 48.0 Å². The van der Waals surface area contributed by atoms with Gasteiger partial charge in [0.15, 0.2) is 0 Å². The van der Waals surface area contributed by atoms with Gasteiger partial charge in [-0.2, -0.15) is 5.10 Å². The molecule has 1 aliphatic carbocycles. The zero-order valence-electron chi connectivity index (χ0n) is 16.8. The maximum atomic E-state index is 12.2. The Bertz CT molecular complexity index is 810. The van der Waals surface area contributed by atoms with Crippen molar-refractivity contribution in [2.24, 2.45) is 10.9 Å². The molecule has 1 aliphatic rings. The molecule has 0 unspecified atom stereocenters. The van der Waals surface area contributed by atoms with Crippen LogP contribution in [-0.4, -0.2) is 22.3 Å². The molecular weight excluding hydrogens is 350 g/mol. The number of unbranched alkanes of at least 4 members (excludes halogenated alkanes) is 5. The molecular formula is C23H31N3O2. The molecule has 0 spiro atoms. The van der Waals surface area contributed by atoms with Crippen molar-refractivity contribution >= 4 is 5.91 Å². The largest absolute Gasteiger partial charge is 0.478 e. The number of hydrogen-bond donors (Lipinski definition) is 0. The van der Waals surface area contributed by atoms with Crippen LogP contribution in [0, 0.1) is 5.92 Å². The van der Waals surface area contributed by atoms with Crippen LogP contribution in [0.4, 0.5) is 0 Å². The van der Waals surface area contributed by atoms with E-state index >= 15 is 0 Å². The van der Waals surface area contributed by atoms with Gasteiger partial charge in [0, 0.05) is 12.0 Å². The summed E-state index contributed by atoms with van der Waals surface area (Å²) in [5.41, 5.74) is 0.928. The highest BCUT2D eigenvalue weighted by Crippen LogP contribution is 2.27. The van der Waals surface area contributed by atoms with Gasteiger partial charge >= 0.3 is 0 Å². The van der Waals surface area contributed by atoms with Crippen molar-refractivity contribution in [3.63, 3.8) is 0 Å². The minimum atomic E-state index is -0.0348. The Labute approximate surface area is 167 Å². The molecule has 1 heterocycles. The molecule has 0 atom stereocenters. The minimum absolute atomic E-state index is 0.0348.